The fourth-order valence-electron chi connectivity index (χ4n) is 12.2. The molecule has 6 aromatic rings. The van der Waals surface area contributed by atoms with Crippen LogP contribution in [0.5, 0.6) is 0 Å². The summed E-state index contributed by atoms with van der Waals surface area (Å²) < 4.78 is 84.8. The molecule has 0 bridgehead atoms. The Morgan fingerprint density at radius 2 is 0.938 bits per heavy atom. The van der Waals surface area contributed by atoms with Crippen LogP contribution in [0.15, 0.2) is 139 Å². The zero-order valence-corrected chi connectivity index (χ0v) is 55.6. The number of esters is 6. The highest BCUT2D eigenvalue weighted by molar-refractivity contribution is 6.21. The molecule has 19 atom stereocenters. The minimum Gasteiger partial charge on any atom is -0.459 e. The van der Waals surface area contributed by atoms with Crippen LogP contribution in [0.3, 0.4) is 0 Å². The third-order valence-electron chi connectivity index (χ3n) is 17.3. The van der Waals surface area contributed by atoms with E-state index in [1.807, 2.05) is 13.8 Å². The normalized spacial score (nSPS) is 30.0. The number of aromatic nitrogens is 6. The van der Waals surface area contributed by atoms with Gasteiger partial charge in [-0.05, 0) is 60.5 Å². The van der Waals surface area contributed by atoms with E-state index in [1.165, 1.54) is 23.2 Å². The maximum atomic E-state index is 14.1. The van der Waals surface area contributed by atoms with Gasteiger partial charge in [0, 0.05) is 36.5 Å². The lowest BCUT2D eigenvalue weighted by Crippen LogP contribution is -2.58. The highest BCUT2D eigenvalue weighted by Crippen LogP contribution is 2.45. The first-order chi connectivity index (χ1) is 46.8. The molecule has 10 rings (SSSR count). The molecule has 4 aromatic carbocycles. The lowest BCUT2D eigenvalue weighted by atomic mass is 9.91. The SMILES string of the molecule is CC[C@H]1O[C@H](O[C@]2(CCl)O[C@H](Cn3cc(CO[C@H]4O[C@H](Cn5cc(CO[C@H]6O[C@H](CN=[N+]=[N-])[C@@H](OC(=O)c7ccccc7)[C@H](OC(=O)c7ccccc7)[C@@H]6C)nn5)[C@@H](OC(=O)c5ccccc5)[C@H](OC(=O)c5ccccc5)[C@@H]4C)nn3)[C@@H](OC(C)=O)[C@@H]2C)[C@H](OC(C)=O)[C@@H](C)[C@H]1Cl. The molecular weight excluding hydrogens is 1310 g/mol. The molecule has 28 nitrogen and oxygen atoms in total. The topological polar surface area (TPSA) is 333 Å². The number of hydrogen-bond donors (Lipinski definition) is 0. The lowest BCUT2D eigenvalue weighted by molar-refractivity contribution is -0.348. The zero-order valence-electron chi connectivity index (χ0n) is 54.1. The van der Waals surface area contributed by atoms with Crippen LogP contribution in [-0.4, -0.2) is 169 Å². The highest BCUT2D eigenvalue weighted by atomic mass is 35.5. The van der Waals surface area contributed by atoms with Crippen molar-refractivity contribution in [1.29, 1.82) is 0 Å². The predicted octanol–water partition coefficient (Wildman–Crippen LogP) is 8.77. The third kappa shape index (κ3) is 17.3. The Kier molecular flexibility index (Phi) is 24.1. The summed E-state index contributed by atoms with van der Waals surface area (Å²) in [5.41, 5.74) is 10.9. The van der Waals surface area contributed by atoms with Crippen LogP contribution in [-0.2, 0) is 97.5 Å². The summed E-state index contributed by atoms with van der Waals surface area (Å²) >= 11 is 13.5. The van der Waals surface area contributed by atoms with E-state index in [4.69, 9.17) is 84.8 Å². The second-order valence-electron chi connectivity index (χ2n) is 24.1. The molecule has 0 spiro atoms. The number of nitrogens with zero attached hydrogens (tertiary/aromatic N) is 9. The van der Waals surface area contributed by atoms with E-state index in [1.54, 1.807) is 154 Å². The molecule has 4 aliphatic heterocycles. The van der Waals surface area contributed by atoms with Crippen molar-refractivity contribution >= 4 is 59.0 Å². The average Bonchev–Trinajstić information content (AvgIpc) is 1.70. The third-order valence-corrected chi connectivity index (χ3v) is 18.3. The van der Waals surface area contributed by atoms with Crippen molar-refractivity contribution in [2.75, 3.05) is 12.4 Å². The quantitative estimate of drug-likeness (QED) is 0.0122. The number of alkyl halides is 2. The van der Waals surface area contributed by atoms with Crippen molar-refractivity contribution in [3.63, 3.8) is 0 Å². The van der Waals surface area contributed by atoms with Crippen LogP contribution in [0.1, 0.15) is 108 Å². The average molecular weight is 1380 g/mol. The fraction of sp³-hybridized carbons (Fsp3) is 0.493. The molecule has 0 amide bonds. The maximum absolute atomic E-state index is 14.1. The van der Waals surface area contributed by atoms with Gasteiger partial charge in [-0.2, -0.15) is 0 Å². The van der Waals surface area contributed by atoms with Crippen molar-refractivity contribution in [2.24, 2.45) is 28.8 Å². The van der Waals surface area contributed by atoms with Gasteiger partial charge in [0.1, 0.15) is 48.0 Å². The van der Waals surface area contributed by atoms with Crippen molar-refractivity contribution in [1.82, 2.24) is 30.0 Å². The highest BCUT2D eigenvalue weighted by Gasteiger charge is 2.59. The molecule has 0 N–H and O–H groups in total. The van der Waals surface area contributed by atoms with Gasteiger partial charge in [-0.15, -0.1) is 33.4 Å². The molecule has 97 heavy (non-hydrogen) atoms. The Morgan fingerprint density at radius 3 is 1.36 bits per heavy atom. The lowest BCUT2D eigenvalue weighted by Gasteiger charge is -2.45. The minimum absolute atomic E-state index is 0.0363. The Morgan fingerprint density at radius 1 is 0.536 bits per heavy atom. The number of benzene rings is 4. The van der Waals surface area contributed by atoms with Crippen LogP contribution in [0.2, 0.25) is 0 Å². The van der Waals surface area contributed by atoms with Crippen molar-refractivity contribution in [2.45, 2.75) is 172 Å². The molecule has 0 unspecified atom stereocenters. The predicted molar refractivity (Wildman–Crippen MR) is 339 cm³/mol. The van der Waals surface area contributed by atoms with Gasteiger partial charge >= 0.3 is 35.8 Å². The fourth-order valence-corrected chi connectivity index (χ4v) is 12.9. The smallest absolute Gasteiger partial charge is 0.338 e. The number of carbonyl (C=O) groups is 6. The first-order valence-corrected chi connectivity index (χ1v) is 32.7. The largest absolute Gasteiger partial charge is 0.459 e. The minimum atomic E-state index is -1.64. The molecule has 4 saturated heterocycles. The summed E-state index contributed by atoms with van der Waals surface area (Å²) in [6, 6.07) is 32.9. The molecule has 4 fully saturated rings. The van der Waals surface area contributed by atoms with Gasteiger partial charge in [-0.25, -0.2) is 28.5 Å². The van der Waals surface area contributed by atoms with Crippen LogP contribution in [0.25, 0.3) is 10.4 Å². The van der Waals surface area contributed by atoms with E-state index in [0.29, 0.717) is 12.1 Å². The number of rotatable bonds is 26. The van der Waals surface area contributed by atoms with Crippen LogP contribution >= 0.6 is 23.2 Å². The second-order valence-corrected chi connectivity index (χ2v) is 24.8. The Bertz CT molecular complexity index is 3690. The Labute approximate surface area is 568 Å². The number of halogens is 2. The van der Waals surface area contributed by atoms with Crippen molar-refractivity contribution < 1.29 is 90.3 Å². The van der Waals surface area contributed by atoms with Gasteiger partial charge in [0.2, 0.25) is 0 Å². The van der Waals surface area contributed by atoms with E-state index in [2.05, 4.69) is 30.7 Å². The second kappa shape index (κ2) is 32.8. The first kappa shape index (κ1) is 71.4. The van der Waals surface area contributed by atoms with E-state index in [-0.39, 0.29) is 66.7 Å². The molecule has 0 saturated carbocycles. The van der Waals surface area contributed by atoms with Gasteiger partial charge in [-0.3, -0.25) is 9.59 Å². The van der Waals surface area contributed by atoms with Crippen LogP contribution < -0.4 is 0 Å². The molecule has 4 aliphatic rings. The summed E-state index contributed by atoms with van der Waals surface area (Å²) in [5, 5.41) is 20.7. The summed E-state index contributed by atoms with van der Waals surface area (Å²) in [7, 11) is 0. The summed E-state index contributed by atoms with van der Waals surface area (Å²) in [6.45, 7) is 10.4. The number of hydrogen-bond acceptors (Lipinski definition) is 24. The monoisotopic (exact) mass is 1380 g/mol. The Hall–Kier alpha value is -8.41. The van der Waals surface area contributed by atoms with Crippen LogP contribution in [0.4, 0.5) is 0 Å². The van der Waals surface area contributed by atoms with Crippen molar-refractivity contribution in [3.05, 3.63) is 178 Å². The van der Waals surface area contributed by atoms with E-state index in [9.17, 15) is 34.3 Å². The van der Waals surface area contributed by atoms with E-state index >= 15 is 0 Å². The van der Waals surface area contributed by atoms with E-state index in [0.717, 1.165) is 0 Å². The Balaban J connectivity index is 0.882. The number of carbonyl (C=O) groups excluding carboxylic acids is 6. The van der Waals surface area contributed by atoms with Crippen molar-refractivity contribution in [3.8, 4) is 0 Å². The first-order valence-electron chi connectivity index (χ1n) is 31.7. The summed E-state index contributed by atoms with van der Waals surface area (Å²) in [6.07, 6.45) is -10.5. The molecular formula is C67H75Cl2N9O19. The van der Waals surface area contributed by atoms with Gasteiger partial charge in [-0.1, -0.05) is 123 Å². The summed E-state index contributed by atoms with van der Waals surface area (Å²) in [4.78, 5) is 83.5. The zero-order chi connectivity index (χ0) is 68.9. The molecule has 0 radical (unpaired) electrons. The van der Waals surface area contributed by atoms with Gasteiger partial charge in [0.25, 0.3) is 0 Å². The molecule has 2 aromatic heterocycles. The van der Waals surface area contributed by atoms with Gasteiger partial charge in [0.05, 0.1) is 90.8 Å². The molecule has 516 valence electrons. The van der Waals surface area contributed by atoms with E-state index < -0.39 is 151 Å². The van der Waals surface area contributed by atoms with Gasteiger partial charge in [0.15, 0.2) is 43.0 Å². The molecule has 0 aliphatic carbocycles. The molecule has 6 heterocycles. The standard InChI is InChI=1S/C67H75Cl2N9O19/c1-8-49-53(69)37(2)56(87-41(6)79)66(89-49)97-67(36-68)40(5)57(88-42(7)80)52(96-67)33-78-31-48(73-76-78)35-86-65-39(4)55(93-61(82)44-23-15-10-16-24-44)59(95-63(84)46-27-19-12-20-28-46)51(91-65)32-77-30-47(72-75-77)34-85-64-38(3)54(92-60(81)43-21-13-9-14-22-43)58(50(90-64)29-71-74-70)94-62(83)45-25-17-11-18-26-45/h9-28,30-31,37-40,49-59,64-66H,8,29,32-36H2,1-7H3/t37-,38-,39-,40-,49+,50+,51+,52+,53+,54+,55+,56+,57-,58+,59+,64-,65-,66+,67-/m0/s1. The van der Waals surface area contributed by atoms with Gasteiger partial charge < -0.3 is 61.6 Å². The number of ether oxygens (including phenoxy) is 13. The molecule has 30 heteroatoms. The van der Waals surface area contributed by atoms with Crippen LogP contribution in [0, 0.1) is 23.7 Å². The maximum Gasteiger partial charge on any atom is 0.338 e. The summed E-state index contributed by atoms with van der Waals surface area (Å²) in [5.74, 6) is -8.75. The number of azide groups is 1.